The number of aliphatic hydroxyl groups is 2. The molecule has 18 N–H and O–H groups in total. The number of hydrogen-bond acceptors (Lipinski definition) is 16. The average Bonchev–Trinajstić information content (AvgIpc) is 1.80. The Morgan fingerprint density at radius 2 is 0.990 bits per heavy atom. The summed E-state index contributed by atoms with van der Waals surface area (Å²) >= 11 is 0. The molecule has 30 heteroatoms. The fraction of sp³-hybridized carbons (Fsp3) is 0.768. The van der Waals surface area contributed by atoms with Gasteiger partial charge in [-0.15, -0.1) is 0 Å². The monoisotopic (exact) mass is 1400 g/mol. The van der Waals surface area contributed by atoms with Gasteiger partial charge in [0.05, 0.1) is 18.8 Å². The number of amides is 14. The molecule has 30 nitrogen and oxygen atoms in total. The van der Waals surface area contributed by atoms with Crippen LogP contribution in [0.4, 0.5) is 0 Å². The molecule has 1 saturated heterocycles. The zero-order chi connectivity index (χ0) is 75.8. The summed E-state index contributed by atoms with van der Waals surface area (Å²) in [6.07, 6.45) is 7.60. The molecule has 0 aromatic carbocycles. The summed E-state index contributed by atoms with van der Waals surface area (Å²) in [5.41, 5.74) is 9.30. The smallest absolute Gasteiger partial charge is 0.248 e. The molecule has 564 valence electrons. The molecule has 0 radical (unpaired) electrons. The molecule has 1 fully saturated rings. The fourth-order valence-electron chi connectivity index (χ4n) is 11.1. The lowest BCUT2D eigenvalue weighted by molar-refractivity contribution is -0.146. The maximum Gasteiger partial charge on any atom is 0.248 e. The van der Waals surface area contributed by atoms with Gasteiger partial charge in [0.1, 0.15) is 58.4 Å². The second-order valence-electron chi connectivity index (χ2n) is 28.7. The maximum atomic E-state index is 14.6. The Labute approximate surface area is 585 Å². The number of hydrogen-bond donors (Lipinski definition) is 15. The van der Waals surface area contributed by atoms with E-state index in [1.54, 1.807) is 39.8 Å². The van der Waals surface area contributed by atoms with Crippen molar-refractivity contribution in [3.63, 3.8) is 0 Å². The van der Waals surface area contributed by atoms with Crippen LogP contribution in [0.1, 0.15) is 239 Å². The number of primary amides is 3. The van der Waals surface area contributed by atoms with Crippen LogP contribution in [0.2, 0.25) is 0 Å². The summed E-state index contributed by atoms with van der Waals surface area (Å²) in [5, 5.41) is 48.0. The van der Waals surface area contributed by atoms with Crippen molar-refractivity contribution in [2.24, 2.45) is 35.0 Å². The largest absolute Gasteiger partial charge is 0.394 e. The number of unbranched alkanes of at least 4 members (excludes halogenated alkanes) is 6. The maximum absolute atomic E-state index is 14.6. The van der Waals surface area contributed by atoms with E-state index in [0.717, 1.165) is 38.5 Å². The molecular weight excluding hydrogens is 1280 g/mol. The third-order valence-electron chi connectivity index (χ3n) is 17.8. The molecule has 0 aromatic heterocycles. The Morgan fingerprint density at radius 3 is 1.45 bits per heavy atom. The summed E-state index contributed by atoms with van der Waals surface area (Å²) in [6.45, 7) is 24.1. The highest BCUT2D eigenvalue weighted by Crippen LogP contribution is 2.25. The van der Waals surface area contributed by atoms with Crippen molar-refractivity contribution in [2.75, 3.05) is 13.2 Å². The number of nitrogens with zero attached hydrogens (tertiary/aromatic N) is 1. The van der Waals surface area contributed by atoms with Crippen molar-refractivity contribution >= 4 is 82.7 Å². The number of aliphatic hydroxyl groups excluding tert-OH is 2. The third kappa shape index (κ3) is 31.1. The highest BCUT2D eigenvalue weighted by molar-refractivity contribution is 6.02. The van der Waals surface area contributed by atoms with Crippen molar-refractivity contribution in [3.05, 3.63) is 12.2 Å². The van der Waals surface area contributed by atoms with Crippen molar-refractivity contribution in [3.8, 4) is 0 Å². The first-order valence-corrected chi connectivity index (χ1v) is 35.3. The molecule has 1 heterocycles. The number of nitrogens with one attached hydrogen (secondary N) is 10. The zero-order valence-electron chi connectivity index (χ0n) is 61.6. The number of likely N-dealkylation sites (tertiary alicyclic amines) is 1. The van der Waals surface area contributed by atoms with Gasteiger partial charge in [0, 0.05) is 32.2 Å². The lowest BCUT2D eigenvalue weighted by Gasteiger charge is -2.36. The number of rotatable bonds is 48. The third-order valence-corrected chi connectivity index (χ3v) is 17.8. The second kappa shape index (κ2) is 43.0. The van der Waals surface area contributed by atoms with Crippen molar-refractivity contribution < 1.29 is 77.3 Å². The van der Waals surface area contributed by atoms with Gasteiger partial charge in [0.2, 0.25) is 82.7 Å². The van der Waals surface area contributed by atoms with Crippen LogP contribution in [0, 0.1) is 17.8 Å². The van der Waals surface area contributed by atoms with Gasteiger partial charge in [-0.3, -0.25) is 67.1 Å². The molecule has 0 saturated carbocycles. The Kier molecular flexibility index (Phi) is 38.8. The number of allylic oxidation sites excluding steroid dienone is 2. The van der Waals surface area contributed by atoms with Crippen molar-refractivity contribution in [1.82, 2.24) is 58.1 Å². The number of nitrogens with two attached hydrogens (primary N) is 3. The Morgan fingerprint density at radius 1 is 0.525 bits per heavy atom. The van der Waals surface area contributed by atoms with Crippen LogP contribution in [0.3, 0.4) is 0 Å². The van der Waals surface area contributed by atoms with Crippen LogP contribution in [-0.4, -0.2) is 182 Å². The molecule has 1 rings (SSSR count). The topological polar surface area (TPSA) is 481 Å². The first-order chi connectivity index (χ1) is 46.1. The minimum Gasteiger partial charge on any atom is -0.394 e. The van der Waals surface area contributed by atoms with Crippen LogP contribution in [0.15, 0.2) is 12.2 Å². The SMILES string of the molecule is C/C=C/CC(C)C(O)[C@H](NC(=O)[C@@H]1CCCN1C(=O)C(C)(C)NC(=O)CCCCCCCCC)C(=O)N[C@@](C)(CC)C(=O)N[C@@H](CCC(N)=O)C(=O)N[C@H](CCC(N)=O)C(=O)NC(C)(C)C(=O)N[C@@](C)(CC)C(=O)N[C@@H](CCC(N)=O)C(=O)N[C@H](CC(C)C)C(=O)N[C@H](CO)CC(C)C. The molecule has 1 aliphatic heterocycles. The summed E-state index contributed by atoms with van der Waals surface area (Å²) < 4.78 is 0. The quantitative estimate of drug-likeness (QED) is 0.0301. The summed E-state index contributed by atoms with van der Waals surface area (Å²) in [5.74, 6) is -12.5. The van der Waals surface area contributed by atoms with E-state index in [2.05, 4.69) is 60.1 Å². The van der Waals surface area contributed by atoms with Crippen molar-refractivity contribution in [2.45, 2.75) is 309 Å². The van der Waals surface area contributed by atoms with Crippen LogP contribution < -0.4 is 70.4 Å². The lowest BCUT2D eigenvalue weighted by atomic mass is 9.91. The van der Waals surface area contributed by atoms with Crippen LogP contribution >= 0.6 is 0 Å². The molecule has 0 aromatic rings. The number of carbonyl (C=O) groups is 14. The van der Waals surface area contributed by atoms with Gasteiger partial charge in [-0.05, 0) is 137 Å². The number of carbonyl (C=O) groups excluding carboxylic acids is 14. The second-order valence-corrected chi connectivity index (χ2v) is 28.7. The van der Waals surface area contributed by atoms with E-state index in [1.807, 2.05) is 27.7 Å². The minimum absolute atomic E-state index is 0.114. The van der Waals surface area contributed by atoms with E-state index in [1.165, 1.54) is 46.4 Å². The van der Waals surface area contributed by atoms with E-state index in [9.17, 15) is 77.3 Å². The molecular formula is C69H122N14O16. The van der Waals surface area contributed by atoms with E-state index in [-0.39, 0.29) is 82.3 Å². The Hall–Kier alpha value is -7.76. The van der Waals surface area contributed by atoms with Gasteiger partial charge in [0.15, 0.2) is 0 Å². The molecule has 99 heavy (non-hydrogen) atoms. The predicted molar refractivity (Wildman–Crippen MR) is 373 cm³/mol. The summed E-state index contributed by atoms with van der Waals surface area (Å²) in [7, 11) is 0. The van der Waals surface area contributed by atoms with Crippen molar-refractivity contribution in [1.29, 1.82) is 0 Å². The fourth-order valence-corrected chi connectivity index (χ4v) is 11.1. The van der Waals surface area contributed by atoms with Gasteiger partial charge in [-0.25, -0.2) is 0 Å². The van der Waals surface area contributed by atoms with Gasteiger partial charge in [-0.1, -0.05) is 106 Å². The van der Waals surface area contributed by atoms with Gasteiger partial charge < -0.3 is 85.5 Å². The van der Waals surface area contributed by atoms with E-state index in [4.69, 9.17) is 17.2 Å². The molecule has 1 aliphatic rings. The lowest BCUT2D eigenvalue weighted by Crippen LogP contribution is -2.67. The first-order valence-electron chi connectivity index (χ1n) is 35.3. The van der Waals surface area contributed by atoms with E-state index >= 15 is 0 Å². The van der Waals surface area contributed by atoms with Crippen LogP contribution in [0.5, 0.6) is 0 Å². The molecule has 0 bridgehead atoms. The normalized spacial score (nSPS) is 17.0. The van der Waals surface area contributed by atoms with E-state index < -0.39 is 179 Å². The van der Waals surface area contributed by atoms with Gasteiger partial charge in [0.25, 0.3) is 0 Å². The molecule has 2 unspecified atom stereocenters. The molecule has 0 spiro atoms. The average molecular weight is 1400 g/mol. The standard InChI is InChI=1S/C69H122N14O16/c1-16-20-22-23-24-25-26-30-53(88)79-67(12,13)65(99)83-37-27-29-49(83)60(94)78-54(55(89)43(9)28-21-17-2)61(95)81-68(14,18-3)63(97)76-45(31-34-50(70)85)56(90)74-47(33-36-52(72)87)59(93)80-66(10,11)62(96)82-69(15,19-4)64(98)77-46(32-35-51(71)86)57(91)75-48(39-42(7)8)58(92)73-44(40-84)38-41(5)6/h17,21,41-49,54-55,84,89H,16,18-20,22-40H2,1-15H3,(H2,70,85)(H2,71,86)(H2,72,87)(H,73,92)(H,74,90)(H,75,91)(H,76,97)(H,77,98)(H,78,94)(H,79,88)(H,80,93)(H,81,95)(H,82,96)/b21-17+/t43?,44-,45-,46-,47+,48+,49-,54-,55?,68-,69-/m0/s1. The Bertz CT molecular complexity index is 2780. The minimum atomic E-state index is -1.95. The highest BCUT2D eigenvalue weighted by Gasteiger charge is 2.46. The molecule has 0 aliphatic carbocycles. The molecule has 14 amide bonds. The summed E-state index contributed by atoms with van der Waals surface area (Å²) in [4.78, 5) is 193. The van der Waals surface area contributed by atoms with E-state index in [0.29, 0.717) is 19.3 Å². The van der Waals surface area contributed by atoms with Crippen LogP contribution in [0.25, 0.3) is 0 Å². The Balaban J connectivity index is 3.56. The first kappa shape index (κ1) is 89.3. The molecule has 11 atom stereocenters. The van der Waals surface area contributed by atoms with Gasteiger partial charge >= 0.3 is 0 Å². The summed E-state index contributed by atoms with van der Waals surface area (Å²) in [6, 6.07) is -9.45. The van der Waals surface area contributed by atoms with Crippen LogP contribution in [-0.2, 0) is 67.1 Å². The van der Waals surface area contributed by atoms with Gasteiger partial charge in [-0.2, -0.15) is 0 Å². The predicted octanol–water partition coefficient (Wildman–Crippen LogP) is 1.23. The highest BCUT2D eigenvalue weighted by atomic mass is 16.3. The zero-order valence-corrected chi connectivity index (χ0v) is 61.6.